The minimum atomic E-state index is -0.123. The van der Waals surface area contributed by atoms with E-state index in [0.29, 0.717) is 31.0 Å². The summed E-state index contributed by atoms with van der Waals surface area (Å²) in [6.07, 6.45) is 1.01. The Bertz CT molecular complexity index is 717. The summed E-state index contributed by atoms with van der Waals surface area (Å²) in [5, 5.41) is 6.24. The first kappa shape index (κ1) is 18.8. The number of ether oxygens (including phenoxy) is 1. The molecule has 0 radical (unpaired) electrons. The molecule has 0 atom stereocenters. The van der Waals surface area contributed by atoms with Crippen LogP contribution in [0.15, 0.2) is 48.5 Å². The van der Waals surface area contributed by atoms with Gasteiger partial charge in [0.1, 0.15) is 5.75 Å². The summed E-state index contributed by atoms with van der Waals surface area (Å²) >= 11 is 5.81. The van der Waals surface area contributed by atoms with E-state index in [4.69, 9.17) is 16.3 Å². The van der Waals surface area contributed by atoms with Crippen LogP contribution in [0.3, 0.4) is 0 Å². The third-order valence-electron chi connectivity index (χ3n) is 3.37. The molecule has 0 bridgehead atoms. The van der Waals surface area contributed by atoms with Gasteiger partial charge in [-0.25, -0.2) is 0 Å². The fourth-order valence-electron chi connectivity index (χ4n) is 2.20. The van der Waals surface area contributed by atoms with Gasteiger partial charge in [0.25, 0.3) is 0 Å². The average Bonchev–Trinajstić information content (AvgIpc) is 2.58. The zero-order valence-corrected chi connectivity index (χ0v) is 14.8. The van der Waals surface area contributed by atoms with Crippen molar-refractivity contribution in [2.24, 2.45) is 0 Å². The second-order valence-corrected chi connectivity index (χ2v) is 6.00. The summed E-state index contributed by atoms with van der Waals surface area (Å²) in [5.74, 6) is 0.575. The zero-order valence-electron chi connectivity index (χ0n) is 14.0. The van der Waals surface area contributed by atoms with Gasteiger partial charge in [0, 0.05) is 30.6 Å². The Kier molecular flexibility index (Phi) is 7.29. The molecule has 25 heavy (non-hydrogen) atoms. The first-order chi connectivity index (χ1) is 12.0. The molecule has 2 rings (SSSR count). The standard InChI is InChI=1S/C19H21ClN2O3/c1-14(23)22-17-5-2-4-15(12-17)13-21-19(24)6-3-11-25-18-9-7-16(20)8-10-18/h2,4-5,7-10,12H,3,6,11,13H2,1H3,(H,21,24)(H,22,23). The normalized spacial score (nSPS) is 10.2. The molecule has 0 aliphatic rings. The number of hydrogen-bond donors (Lipinski definition) is 2. The van der Waals surface area contributed by atoms with Crippen molar-refractivity contribution in [2.45, 2.75) is 26.3 Å². The van der Waals surface area contributed by atoms with Crippen molar-refractivity contribution in [2.75, 3.05) is 11.9 Å². The molecule has 0 fully saturated rings. The third-order valence-corrected chi connectivity index (χ3v) is 3.62. The van der Waals surface area contributed by atoms with Crippen molar-refractivity contribution in [3.63, 3.8) is 0 Å². The number of hydrogen-bond acceptors (Lipinski definition) is 3. The molecule has 6 heteroatoms. The number of anilines is 1. The van der Waals surface area contributed by atoms with E-state index in [9.17, 15) is 9.59 Å². The fraction of sp³-hybridized carbons (Fsp3) is 0.263. The maximum Gasteiger partial charge on any atom is 0.221 e. The van der Waals surface area contributed by atoms with E-state index in [2.05, 4.69) is 10.6 Å². The summed E-state index contributed by atoms with van der Waals surface area (Å²) in [4.78, 5) is 22.9. The SMILES string of the molecule is CC(=O)Nc1cccc(CNC(=O)CCCOc2ccc(Cl)cc2)c1. The summed E-state index contributed by atoms with van der Waals surface area (Å²) < 4.78 is 5.55. The molecule has 2 aromatic rings. The van der Waals surface area contributed by atoms with Crippen molar-refractivity contribution >= 4 is 29.1 Å². The second-order valence-electron chi connectivity index (χ2n) is 5.56. The predicted octanol–water partition coefficient (Wildman–Crippen LogP) is 3.77. The van der Waals surface area contributed by atoms with Gasteiger partial charge in [-0.2, -0.15) is 0 Å². The number of halogens is 1. The van der Waals surface area contributed by atoms with Gasteiger partial charge in [-0.05, 0) is 48.4 Å². The van der Waals surface area contributed by atoms with E-state index in [0.717, 1.165) is 17.0 Å². The van der Waals surface area contributed by atoms with Gasteiger partial charge in [0.05, 0.1) is 6.61 Å². The Morgan fingerprint density at radius 3 is 2.60 bits per heavy atom. The van der Waals surface area contributed by atoms with Crippen LogP contribution in [0, 0.1) is 0 Å². The predicted molar refractivity (Wildman–Crippen MR) is 98.8 cm³/mol. The smallest absolute Gasteiger partial charge is 0.221 e. The van der Waals surface area contributed by atoms with E-state index >= 15 is 0 Å². The Hall–Kier alpha value is -2.53. The van der Waals surface area contributed by atoms with E-state index < -0.39 is 0 Å². The third kappa shape index (κ3) is 7.27. The average molecular weight is 361 g/mol. The maximum atomic E-state index is 11.9. The molecular weight excluding hydrogens is 340 g/mol. The molecule has 0 spiro atoms. The quantitative estimate of drug-likeness (QED) is 0.704. The molecule has 0 aliphatic carbocycles. The molecule has 0 aromatic heterocycles. The monoisotopic (exact) mass is 360 g/mol. The molecule has 0 saturated carbocycles. The minimum absolute atomic E-state index is 0.0374. The molecule has 0 unspecified atom stereocenters. The first-order valence-corrected chi connectivity index (χ1v) is 8.42. The highest BCUT2D eigenvalue weighted by Crippen LogP contribution is 2.15. The zero-order chi connectivity index (χ0) is 18.1. The fourth-order valence-corrected chi connectivity index (χ4v) is 2.33. The van der Waals surface area contributed by atoms with Crippen LogP contribution in [-0.2, 0) is 16.1 Å². The van der Waals surface area contributed by atoms with Gasteiger partial charge in [0.2, 0.25) is 11.8 Å². The van der Waals surface area contributed by atoms with E-state index in [1.807, 2.05) is 18.2 Å². The lowest BCUT2D eigenvalue weighted by Gasteiger charge is -2.08. The molecule has 2 amide bonds. The number of carbonyl (C=O) groups is 2. The minimum Gasteiger partial charge on any atom is -0.494 e. The van der Waals surface area contributed by atoms with Crippen LogP contribution in [-0.4, -0.2) is 18.4 Å². The first-order valence-electron chi connectivity index (χ1n) is 8.04. The van der Waals surface area contributed by atoms with Crippen molar-refractivity contribution < 1.29 is 14.3 Å². The maximum absolute atomic E-state index is 11.9. The highest BCUT2D eigenvalue weighted by molar-refractivity contribution is 6.30. The molecule has 2 aromatic carbocycles. The van der Waals surface area contributed by atoms with Gasteiger partial charge in [0.15, 0.2) is 0 Å². The molecule has 0 saturated heterocycles. The van der Waals surface area contributed by atoms with Crippen molar-refractivity contribution in [1.29, 1.82) is 0 Å². The number of benzene rings is 2. The van der Waals surface area contributed by atoms with E-state index in [1.54, 1.807) is 30.3 Å². The highest BCUT2D eigenvalue weighted by Gasteiger charge is 2.03. The number of rotatable bonds is 8. The van der Waals surface area contributed by atoms with Crippen LogP contribution < -0.4 is 15.4 Å². The lowest BCUT2D eigenvalue weighted by atomic mass is 10.2. The Labute approximate surface area is 152 Å². The summed E-state index contributed by atoms with van der Waals surface area (Å²) in [7, 11) is 0. The van der Waals surface area contributed by atoms with Gasteiger partial charge >= 0.3 is 0 Å². The Morgan fingerprint density at radius 2 is 1.88 bits per heavy atom. The number of carbonyl (C=O) groups excluding carboxylic acids is 2. The van der Waals surface area contributed by atoms with Crippen molar-refractivity contribution in [3.05, 3.63) is 59.1 Å². The lowest BCUT2D eigenvalue weighted by Crippen LogP contribution is -2.23. The van der Waals surface area contributed by atoms with Crippen molar-refractivity contribution in [3.8, 4) is 5.75 Å². The van der Waals surface area contributed by atoms with Crippen LogP contribution in [0.2, 0.25) is 5.02 Å². The summed E-state index contributed by atoms with van der Waals surface area (Å²) in [6.45, 7) is 2.35. The van der Waals surface area contributed by atoms with Crippen LogP contribution in [0.5, 0.6) is 5.75 Å². The van der Waals surface area contributed by atoms with Gasteiger partial charge in [-0.1, -0.05) is 23.7 Å². The Morgan fingerprint density at radius 1 is 1.12 bits per heavy atom. The van der Waals surface area contributed by atoms with Gasteiger partial charge in [-0.15, -0.1) is 0 Å². The topological polar surface area (TPSA) is 67.4 Å². The number of amides is 2. The molecule has 0 aliphatic heterocycles. The van der Waals surface area contributed by atoms with E-state index in [-0.39, 0.29) is 11.8 Å². The van der Waals surface area contributed by atoms with Gasteiger partial charge in [-0.3, -0.25) is 9.59 Å². The number of nitrogens with one attached hydrogen (secondary N) is 2. The van der Waals surface area contributed by atoms with Crippen molar-refractivity contribution in [1.82, 2.24) is 5.32 Å². The highest BCUT2D eigenvalue weighted by atomic mass is 35.5. The largest absolute Gasteiger partial charge is 0.494 e. The molecule has 132 valence electrons. The second kappa shape index (κ2) is 9.69. The molecular formula is C19H21ClN2O3. The van der Waals surface area contributed by atoms with Gasteiger partial charge < -0.3 is 15.4 Å². The summed E-state index contributed by atoms with van der Waals surface area (Å²) in [6, 6.07) is 14.5. The molecule has 0 heterocycles. The van der Waals surface area contributed by atoms with Crippen LogP contribution >= 0.6 is 11.6 Å². The van der Waals surface area contributed by atoms with Crippen LogP contribution in [0.25, 0.3) is 0 Å². The summed E-state index contributed by atoms with van der Waals surface area (Å²) in [5.41, 5.74) is 1.65. The molecule has 2 N–H and O–H groups in total. The van der Waals surface area contributed by atoms with Crippen LogP contribution in [0.4, 0.5) is 5.69 Å². The molecule has 5 nitrogen and oxygen atoms in total. The van der Waals surface area contributed by atoms with Crippen LogP contribution in [0.1, 0.15) is 25.3 Å². The lowest BCUT2D eigenvalue weighted by molar-refractivity contribution is -0.121. The van der Waals surface area contributed by atoms with E-state index in [1.165, 1.54) is 6.92 Å². The Balaban J connectivity index is 1.67.